The monoisotopic (exact) mass is 274 g/mol. The van der Waals surface area contributed by atoms with Gasteiger partial charge in [0.25, 0.3) is 0 Å². The van der Waals surface area contributed by atoms with Gasteiger partial charge in [-0.15, -0.1) is 0 Å². The van der Waals surface area contributed by atoms with Gasteiger partial charge < -0.3 is 10.1 Å². The van der Waals surface area contributed by atoms with E-state index in [0.717, 1.165) is 17.8 Å². The van der Waals surface area contributed by atoms with Crippen molar-refractivity contribution in [2.75, 3.05) is 6.54 Å². The number of hydrogen-bond acceptors (Lipinski definition) is 3. The summed E-state index contributed by atoms with van der Waals surface area (Å²) in [6, 6.07) is 8.74. The minimum absolute atomic E-state index is 0.115. The topological polar surface area (TPSA) is 34.1 Å². The molecule has 0 aliphatic carbocycles. The van der Waals surface area contributed by atoms with Crippen molar-refractivity contribution in [3.8, 4) is 11.5 Å². The molecular weight excluding hydrogens is 255 g/mol. The Morgan fingerprint density at radius 3 is 2.70 bits per heavy atom. The number of aryl methyl sites for hydroxylation is 1. The lowest BCUT2D eigenvalue weighted by atomic mass is 10.1. The Kier molecular flexibility index (Phi) is 4.69. The second kappa shape index (κ2) is 6.48. The zero-order valence-corrected chi connectivity index (χ0v) is 12.0. The third kappa shape index (κ3) is 3.54. The van der Waals surface area contributed by atoms with Gasteiger partial charge in [-0.25, -0.2) is 4.39 Å². The summed E-state index contributed by atoms with van der Waals surface area (Å²) in [6.45, 7) is 6.76. The molecule has 0 saturated heterocycles. The third-order valence-electron chi connectivity index (χ3n) is 3.08. The maximum Gasteiger partial charge on any atom is 0.166 e. The van der Waals surface area contributed by atoms with Crippen LogP contribution in [0.2, 0.25) is 0 Å². The van der Waals surface area contributed by atoms with Crippen molar-refractivity contribution in [2.45, 2.75) is 26.8 Å². The van der Waals surface area contributed by atoms with Gasteiger partial charge in [-0.1, -0.05) is 13.0 Å². The maximum atomic E-state index is 14.0. The van der Waals surface area contributed by atoms with Crippen molar-refractivity contribution >= 4 is 0 Å². The molecule has 0 fully saturated rings. The summed E-state index contributed by atoms with van der Waals surface area (Å²) in [5.74, 6) is 0.373. The molecule has 1 atom stereocenters. The van der Waals surface area contributed by atoms with Crippen LogP contribution in [-0.2, 0) is 0 Å². The van der Waals surface area contributed by atoms with Crippen molar-refractivity contribution in [1.82, 2.24) is 10.3 Å². The van der Waals surface area contributed by atoms with Crippen molar-refractivity contribution in [2.24, 2.45) is 0 Å². The Balaban J connectivity index is 2.15. The van der Waals surface area contributed by atoms with Crippen LogP contribution in [0.3, 0.4) is 0 Å². The summed E-state index contributed by atoms with van der Waals surface area (Å²) in [6.07, 6.45) is 1.59. The van der Waals surface area contributed by atoms with Gasteiger partial charge in [0, 0.05) is 11.7 Å². The number of benzene rings is 1. The largest absolute Gasteiger partial charge is 0.453 e. The molecule has 1 unspecified atom stereocenters. The first-order valence-corrected chi connectivity index (χ1v) is 6.73. The average molecular weight is 274 g/mol. The predicted octanol–water partition coefficient (Wildman–Crippen LogP) is 3.99. The van der Waals surface area contributed by atoms with Crippen LogP contribution in [0.4, 0.5) is 4.39 Å². The molecule has 0 amide bonds. The van der Waals surface area contributed by atoms with Crippen molar-refractivity contribution in [3.05, 3.63) is 53.6 Å². The average Bonchev–Trinajstić information content (AvgIpc) is 2.43. The van der Waals surface area contributed by atoms with Gasteiger partial charge in [-0.3, -0.25) is 4.98 Å². The van der Waals surface area contributed by atoms with Gasteiger partial charge in [0.05, 0.1) is 6.20 Å². The molecule has 0 aliphatic heterocycles. The molecule has 106 valence electrons. The highest BCUT2D eigenvalue weighted by Gasteiger charge is 2.10. The normalized spacial score (nSPS) is 12.2. The number of aromatic nitrogens is 1. The maximum absolute atomic E-state index is 14.0. The quantitative estimate of drug-likeness (QED) is 0.895. The highest BCUT2D eigenvalue weighted by atomic mass is 19.1. The van der Waals surface area contributed by atoms with E-state index >= 15 is 0 Å². The zero-order valence-electron chi connectivity index (χ0n) is 12.0. The third-order valence-corrected chi connectivity index (χ3v) is 3.08. The van der Waals surface area contributed by atoms with Gasteiger partial charge in [-0.05, 0) is 50.2 Å². The van der Waals surface area contributed by atoms with E-state index in [0.29, 0.717) is 5.75 Å². The first-order chi connectivity index (χ1) is 9.60. The lowest BCUT2D eigenvalue weighted by Gasteiger charge is -2.14. The molecule has 0 aliphatic rings. The summed E-state index contributed by atoms with van der Waals surface area (Å²) >= 11 is 0. The second-order valence-electron chi connectivity index (χ2n) is 4.71. The van der Waals surface area contributed by atoms with Crippen LogP contribution in [0.25, 0.3) is 0 Å². The molecule has 2 rings (SSSR count). The molecule has 1 N–H and O–H groups in total. The number of pyridine rings is 1. The summed E-state index contributed by atoms with van der Waals surface area (Å²) in [5.41, 5.74) is 1.80. The van der Waals surface area contributed by atoms with Crippen LogP contribution < -0.4 is 10.1 Å². The van der Waals surface area contributed by atoms with Crippen molar-refractivity contribution < 1.29 is 9.13 Å². The molecular formula is C16H19FN2O. The summed E-state index contributed by atoms with van der Waals surface area (Å²) < 4.78 is 19.5. The number of nitrogens with zero attached hydrogens (tertiary/aromatic N) is 1. The van der Waals surface area contributed by atoms with E-state index in [2.05, 4.69) is 10.3 Å². The molecule has 0 radical (unpaired) electrons. The summed E-state index contributed by atoms with van der Waals surface area (Å²) in [7, 11) is 0. The van der Waals surface area contributed by atoms with Gasteiger partial charge in [0.2, 0.25) is 0 Å². The number of ether oxygens (including phenoxy) is 1. The number of hydrogen-bond donors (Lipinski definition) is 1. The van der Waals surface area contributed by atoms with E-state index in [1.165, 1.54) is 6.07 Å². The van der Waals surface area contributed by atoms with Gasteiger partial charge >= 0.3 is 0 Å². The Morgan fingerprint density at radius 2 is 2.10 bits per heavy atom. The summed E-state index contributed by atoms with van der Waals surface area (Å²) in [4.78, 5) is 4.12. The van der Waals surface area contributed by atoms with Gasteiger partial charge in [0.15, 0.2) is 11.6 Å². The minimum atomic E-state index is -0.368. The van der Waals surface area contributed by atoms with E-state index in [1.807, 2.05) is 32.9 Å². The molecule has 0 spiro atoms. The Hall–Kier alpha value is -1.94. The zero-order chi connectivity index (χ0) is 14.5. The van der Waals surface area contributed by atoms with Crippen LogP contribution in [-0.4, -0.2) is 11.5 Å². The fourth-order valence-electron chi connectivity index (χ4n) is 1.93. The van der Waals surface area contributed by atoms with Crippen LogP contribution in [0.15, 0.2) is 36.5 Å². The van der Waals surface area contributed by atoms with E-state index in [-0.39, 0.29) is 17.6 Å². The van der Waals surface area contributed by atoms with E-state index in [9.17, 15) is 4.39 Å². The lowest BCUT2D eigenvalue weighted by molar-refractivity contribution is 0.438. The van der Waals surface area contributed by atoms with E-state index in [4.69, 9.17) is 4.74 Å². The van der Waals surface area contributed by atoms with Gasteiger partial charge in [-0.2, -0.15) is 0 Å². The molecule has 4 heteroatoms. The van der Waals surface area contributed by atoms with Gasteiger partial charge in [0.1, 0.15) is 5.75 Å². The molecule has 0 saturated carbocycles. The first kappa shape index (κ1) is 14.5. The predicted molar refractivity (Wildman–Crippen MR) is 77.5 cm³/mol. The van der Waals surface area contributed by atoms with Crippen molar-refractivity contribution in [3.63, 3.8) is 0 Å². The molecule has 1 aromatic carbocycles. The summed E-state index contributed by atoms with van der Waals surface area (Å²) in [5, 5.41) is 3.25. The SMILES string of the molecule is CCNC(C)c1ccc(Oc2ccc(C)nc2)c(F)c1. The fraction of sp³-hybridized carbons (Fsp3) is 0.312. The van der Waals surface area contributed by atoms with Crippen LogP contribution >= 0.6 is 0 Å². The Bertz CT molecular complexity index is 569. The fourth-order valence-corrected chi connectivity index (χ4v) is 1.93. The second-order valence-corrected chi connectivity index (χ2v) is 4.71. The van der Waals surface area contributed by atoms with E-state index < -0.39 is 0 Å². The molecule has 1 heterocycles. The number of nitrogens with one attached hydrogen (secondary N) is 1. The molecule has 0 bridgehead atoms. The first-order valence-electron chi connectivity index (χ1n) is 6.73. The standard InChI is InChI=1S/C16H19FN2O/c1-4-18-12(3)13-6-8-16(15(17)9-13)20-14-7-5-11(2)19-10-14/h5-10,12,18H,4H2,1-3H3. The Morgan fingerprint density at radius 1 is 1.30 bits per heavy atom. The molecule has 20 heavy (non-hydrogen) atoms. The van der Waals surface area contributed by atoms with E-state index in [1.54, 1.807) is 18.3 Å². The molecule has 2 aromatic rings. The lowest BCUT2D eigenvalue weighted by Crippen LogP contribution is -2.17. The van der Waals surface area contributed by atoms with Crippen LogP contribution in [0.1, 0.15) is 31.1 Å². The number of halogens is 1. The molecule has 3 nitrogen and oxygen atoms in total. The highest BCUT2D eigenvalue weighted by molar-refractivity contribution is 5.34. The van der Waals surface area contributed by atoms with Crippen molar-refractivity contribution in [1.29, 1.82) is 0 Å². The Labute approximate surface area is 118 Å². The van der Waals surface area contributed by atoms with Crippen LogP contribution in [0.5, 0.6) is 11.5 Å². The van der Waals surface area contributed by atoms with Crippen LogP contribution in [0, 0.1) is 12.7 Å². The molecule has 1 aromatic heterocycles. The highest BCUT2D eigenvalue weighted by Crippen LogP contribution is 2.26. The smallest absolute Gasteiger partial charge is 0.166 e. The minimum Gasteiger partial charge on any atom is -0.453 e. The number of rotatable bonds is 5.